The second-order valence-corrected chi connectivity index (χ2v) is 4.52. The minimum atomic E-state index is 0.115. The minimum Gasteiger partial charge on any atom is -0.325 e. The predicted octanol–water partition coefficient (Wildman–Crippen LogP) is 2.44. The Morgan fingerprint density at radius 3 is 3.00 bits per heavy atom. The second kappa shape index (κ2) is 3.69. The average Bonchev–Trinajstić information content (AvgIpc) is 2.87. The summed E-state index contributed by atoms with van der Waals surface area (Å²) in [6.45, 7) is 2.09. The zero-order chi connectivity index (χ0) is 10.1. The van der Waals surface area contributed by atoms with Crippen molar-refractivity contribution < 1.29 is 4.79 Å². The maximum atomic E-state index is 11.6. The topological polar surface area (TPSA) is 42.0 Å². The van der Waals surface area contributed by atoms with Crippen molar-refractivity contribution in [2.75, 3.05) is 5.32 Å². The summed E-state index contributed by atoms with van der Waals surface area (Å²) in [6.07, 6.45) is 4.34. The Kier molecular flexibility index (Phi) is 2.54. The maximum absolute atomic E-state index is 11.6. The summed E-state index contributed by atoms with van der Waals surface area (Å²) in [5.41, 5.74) is 0.795. The Hall–Kier alpha value is -0.900. The van der Waals surface area contributed by atoms with Crippen LogP contribution >= 0.6 is 15.9 Å². The third kappa shape index (κ3) is 1.95. The van der Waals surface area contributed by atoms with Crippen molar-refractivity contribution in [1.29, 1.82) is 0 Å². The van der Waals surface area contributed by atoms with E-state index in [0.717, 1.165) is 16.6 Å². The Labute approximate surface area is 91.0 Å². The van der Waals surface area contributed by atoms with Crippen LogP contribution in [0.15, 0.2) is 22.9 Å². The van der Waals surface area contributed by atoms with Gasteiger partial charge in [-0.3, -0.25) is 9.78 Å². The van der Waals surface area contributed by atoms with E-state index in [9.17, 15) is 4.79 Å². The van der Waals surface area contributed by atoms with Gasteiger partial charge in [-0.2, -0.15) is 0 Å². The highest BCUT2D eigenvalue weighted by Crippen LogP contribution is 2.38. The monoisotopic (exact) mass is 254 g/mol. The van der Waals surface area contributed by atoms with E-state index < -0.39 is 0 Å². The van der Waals surface area contributed by atoms with Crippen LogP contribution in [0.1, 0.15) is 13.3 Å². The van der Waals surface area contributed by atoms with E-state index in [4.69, 9.17) is 0 Å². The molecule has 14 heavy (non-hydrogen) atoms. The van der Waals surface area contributed by atoms with E-state index in [1.54, 1.807) is 18.5 Å². The molecular formula is C10H11BrN2O. The quantitative estimate of drug-likeness (QED) is 0.881. The number of rotatable bonds is 2. The molecule has 2 rings (SSSR count). The molecule has 3 nitrogen and oxygen atoms in total. The van der Waals surface area contributed by atoms with Crippen molar-refractivity contribution in [3.05, 3.63) is 22.9 Å². The van der Waals surface area contributed by atoms with Crippen molar-refractivity contribution in [2.24, 2.45) is 11.8 Å². The first-order valence-electron chi connectivity index (χ1n) is 4.59. The molecule has 1 amide bonds. The number of carbonyl (C=O) groups excluding carboxylic acids is 1. The molecule has 0 radical (unpaired) electrons. The Balaban J connectivity index is 2.04. The lowest BCUT2D eigenvalue weighted by molar-refractivity contribution is -0.117. The van der Waals surface area contributed by atoms with Crippen molar-refractivity contribution in [2.45, 2.75) is 13.3 Å². The van der Waals surface area contributed by atoms with Gasteiger partial charge in [0.15, 0.2) is 0 Å². The molecule has 1 aromatic rings. The fourth-order valence-electron chi connectivity index (χ4n) is 1.39. The lowest BCUT2D eigenvalue weighted by Gasteiger charge is -2.05. The van der Waals surface area contributed by atoms with Gasteiger partial charge in [-0.15, -0.1) is 0 Å². The SMILES string of the molecule is CC1CC1C(=O)Nc1ccncc1Br. The van der Waals surface area contributed by atoms with Gasteiger partial charge >= 0.3 is 0 Å². The molecule has 0 aromatic carbocycles. The number of hydrogen-bond donors (Lipinski definition) is 1. The third-order valence-corrected chi connectivity index (χ3v) is 3.11. The van der Waals surface area contributed by atoms with E-state index in [1.165, 1.54) is 0 Å². The molecule has 0 aliphatic heterocycles. The van der Waals surface area contributed by atoms with Gasteiger partial charge in [0, 0.05) is 18.3 Å². The van der Waals surface area contributed by atoms with Crippen LogP contribution in [0.5, 0.6) is 0 Å². The first-order valence-corrected chi connectivity index (χ1v) is 5.38. The van der Waals surface area contributed by atoms with Crippen molar-refractivity contribution >= 4 is 27.5 Å². The van der Waals surface area contributed by atoms with Gasteiger partial charge in [-0.1, -0.05) is 6.92 Å². The number of hydrogen-bond acceptors (Lipinski definition) is 2. The zero-order valence-corrected chi connectivity index (χ0v) is 9.41. The summed E-state index contributed by atoms with van der Waals surface area (Å²) in [5.74, 6) is 0.857. The molecule has 1 saturated carbocycles. The van der Waals surface area contributed by atoms with Gasteiger partial charge in [-0.05, 0) is 34.3 Å². The van der Waals surface area contributed by atoms with E-state index in [2.05, 4.69) is 33.2 Å². The highest BCUT2D eigenvalue weighted by atomic mass is 79.9. The van der Waals surface area contributed by atoms with Gasteiger partial charge in [0.05, 0.1) is 10.2 Å². The van der Waals surface area contributed by atoms with E-state index in [0.29, 0.717) is 5.92 Å². The highest BCUT2D eigenvalue weighted by molar-refractivity contribution is 9.10. The smallest absolute Gasteiger partial charge is 0.227 e. The molecular weight excluding hydrogens is 244 g/mol. The summed E-state index contributed by atoms with van der Waals surface area (Å²) in [7, 11) is 0. The maximum Gasteiger partial charge on any atom is 0.227 e. The molecule has 0 saturated heterocycles. The first kappa shape index (κ1) is 9.65. The predicted molar refractivity (Wildman–Crippen MR) is 57.8 cm³/mol. The number of carbonyl (C=O) groups is 1. The molecule has 74 valence electrons. The summed E-state index contributed by atoms with van der Waals surface area (Å²) in [5, 5.41) is 2.88. The third-order valence-electron chi connectivity index (χ3n) is 2.48. The lowest BCUT2D eigenvalue weighted by Crippen LogP contribution is -2.14. The van der Waals surface area contributed by atoms with E-state index >= 15 is 0 Å². The van der Waals surface area contributed by atoms with Crippen LogP contribution in [0.3, 0.4) is 0 Å². The fraction of sp³-hybridized carbons (Fsp3) is 0.400. The molecule has 1 aromatic heterocycles. The standard InChI is InChI=1S/C10H11BrN2O/c1-6-4-7(6)10(14)13-9-2-3-12-5-8(9)11/h2-3,5-7H,4H2,1H3,(H,12,13,14). The fourth-order valence-corrected chi connectivity index (χ4v) is 1.74. The van der Waals surface area contributed by atoms with Crippen LogP contribution < -0.4 is 5.32 Å². The number of amides is 1. The molecule has 0 spiro atoms. The van der Waals surface area contributed by atoms with E-state index in [1.807, 2.05) is 0 Å². The number of halogens is 1. The van der Waals surface area contributed by atoms with Crippen LogP contribution in [0.4, 0.5) is 5.69 Å². The highest BCUT2D eigenvalue weighted by Gasteiger charge is 2.39. The Morgan fingerprint density at radius 1 is 1.71 bits per heavy atom. The normalized spacial score (nSPS) is 24.4. The molecule has 4 heteroatoms. The van der Waals surface area contributed by atoms with Gasteiger partial charge in [0.1, 0.15) is 0 Å². The van der Waals surface area contributed by atoms with Crippen molar-refractivity contribution in [1.82, 2.24) is 4.98 Å². The largest absolute Gasteiger partial charge is 0.325 e. The van der Waals surface area contributed by atoms with Crippen molar-refractivity contribution in [3.63, 3.8) is 0 Å². The first-order chi connectivity index (χ1) is 6.68. The molecule has 0 bridgehead atoms. The van der Waals surface area contributed by atoms with Crippen LogP contribution in [0.2, 0.25) is 0 Å². The van der Waals surface area contributed by atoms with Crippen LogP contribution in [-0.2, 0) is 4.79 Å². The lowest BCUT2D eigenvalue weighted by atomic mass is 10.3. The molecule has 1 fully saturated rings. The summed E-state index contributed by atoms with van der Waals surface area (Å²) in [4.78, 5) is 15.5. The van der Waals surface area contributed by atoms with Crippen LogP contribution in [0, 0.1) is 11.8 Å². The van der Waals surface area contributed by atoms with Crippen LogP contribution in [-0.4, -0.2) is 10.9 Å². The minimum absolute atomic E-state index is 0.115. The average molecular weight is 255 g/mol. The molecule has 1 heterocycles. The molecule has 2 unspecified atom stereocenters. The van der Waals surface area contributed by atoms with Gasteiger partial charge < -0.3 is 5.32 Å². The number of nitrogens with one attached hydrogen (secondary N) is 1. The number of anilines is 1. The van der Waals surface area contributed by atoms with Crippen molar-refractivity contribution in [3.8, 4) is 0 Å². The molecule has 1 aliphatic rings. The molecule has 1 N–H and O–H groups in total. The van der Waals surface area contributed by atoms with Gasteiger partial charge in [-0.25, -0.2) is 0 Å². The Bertz CT molecular complexity index is 367. The number of aromatic nitrogens is 1. The Morgan fingerprint density at radius 2 is 2.43 bits per heavy atom. The zero-order valence-electron chi connectivity index (χ0n) is 7.83. The number of nitrogens with zero attached hydrogens (tertiary/aromatic N) is 1. The number of pyridine rings is 1. The van der Waals surface area contributed by atoms with Crippen LogP contribution in [0.25, 0.3) is 0 Å². The molecule has 2 atom stereocenters. The summed E-state index contributed by atoms with van der Waals surface area (Å²) in [6, 6.07) is 1.79. The van der Waals surface area contributed by atoms with Gasteiger partial charge in [0.2, 0.25) is 5.91 Å². The summed E-state index contributed by atoms with van der Waals surface area (Å²) >= 11 is 3.33. The second-order valence-electron chi connectivity index (χ2n) is 3.66. The van der Waals surface area contributed by atoms with E-state index in [-0.39, 0.29) is 11.8 Å². The van der Waals surface area contributed by atoms with Gasteiger partial charge in [0.25, 0.3) is 0 Å². The molecule has 1 aliphatic carbocycles. The summed E-state index contributed by atoms with van der Waals surface area (Å²) < 4.78 is 0.821.